The van der Waals surface area contributed by atoms with Gasteiger partial charge in [0.15, 0.2) is 0 Å². The van der Waals surface area contributed by atoms with Crippen molar-refractivity contribution in [3.8, 4) is 11.5 Å². The second kappa shape index (κ2) is 7.04. The van der Waals surface area contributed by atoms with Crippen molar-refractivity contribution in [2.75, 3.05) is 13.7 Å². The third-order valence-corrected chi connectivity index (χ3v) is 3.03. The molecule has 2 aromatic rings. The highest BCUT2D eigenvalue weighted by atomic mass is 19.1. The lowest BCUT2D eigenvalue weighted by atomic mass is 10.1. The van der Waals surface area contributed by atoms with Crippen LogP contribution in [0.4, 0.5) is 4.39 Å². The van der Waals surface area contributed by atoms with Gasteiger partial charge < -0.3 is 15.2 Å². The van der Waals surface area contributed by atoms with E-state index in [1.807, 2.05) is 19.1 Å². The molecule has 1 aromatic heterocycles. The quantitative estimate of drug-likeness (QED) is 0.888. The molecule has 0 atom stereocenters. The molecule has 0 unspecified atom stereocenters. The van der Waals surface area contributed by atoms with E-state index in [4.69, 9.17) is 15.2 Å². The van der Waals surface area contributed by atoms with Gasteiger partial charge in [0.05, 0.1) is 12.8 Å². The number of rotatable bonds is 6. The zero-order valence-electron chi connectivity index (χ0n) is 12.2. The minimum Gasteiger partial charge on any atom is -0.497 e. The molecule has 0 aliphatic heterocycles. The van der Waals surface area contributed by atoms with Crippen molar-refractivity contribution in [3.05, 3.63) is 53.1 Å². The topological polar surface area (TPSA) is 57.4 Å². The number of benzene rings is 1. The number of nitrogens with zero attached hydrogens (tertiary/aromatic N) is 1. The predicted molar refractivity (Wildman–Crippen MR) is 79.0 cm³/mol. The summed E-state index contributed by atoms with van der Waals surface area (Å²) < 4.78 is 24.2. The molecule has 5 heteroatoms. The van der Waals surface area contributed by atoms with Gasteiger partial charge in [-0.1, -0.05) is 0 Å². The third-order valence-electron chi connectivity index (χ3n) is 3.03. The normalized spacial score (nSPS) is 10.5. The van der Waals surface area contributed by atoms with E-state index >= 15 is 0 Å². The molecule has 1 aromatic carbocycles. The average Bonchev–Trinajstić information content (AvgIpc) is 2.46. The molecule has 0 bridgehead atoms. The summed E-state index contributed by atoms with van der Waals surface area (Å²) in [6.45, 7) is 2.63. The number of ether oxygens (including phenoxy) is 2. The summed E-state index contributed by atoms with van der Waals surface area (Å²) in [6, 6.07) is 8.11. The van der Waals surface area contributed by atoms with Gasteiger partial charge in [0.2, 0.25) is 0 Å². The van der Waals surface area contributed by atoms with Crippen molar-refractivity contribution >= 4 is 0 Å². The van der Waals surface area contributed by atoms with Crippen molar-refractivity contribution in [3.63, 3.8) is 0 Å². The van der Waals surface area contributed by atoms with E-state index in [0.717, 1.165) is 22.7 Å². The van der Waals surface area contributed by atoms with Crippen LogP contribution in [0.15, 0.2) is 30.3 Å². The highest BCUT2D eigenvalue weighted by molar-refractivity contribution is 5.34. The molecule has 0 saturated carbocycles. The van der Waals surface area contributed by atoms with E-state index in [2.05, 4.69) is 4.98 Å². The number of pyridine rings is 1. The van der Waals surface area contributed by atoms with Gasteiger partial charge in [-0.3, -0.25) is 4.98 Å². The highest BCUT2D eigenvalue weighted by Gasteiger charge is 2.07. The molecule has 0 spiro atoms. The Kier molecular flexibility index (Phi) is 5.11. The Bertz CT molecular complexity index is 617. The first-order valence-electron chi connectivity index (χ1n) is 6.75. The van der Waals surface area contributed by atoms with Crippen LogP contribution >= 0.6 is 0 Å². The van der Waals surface area contributed by atoms with Gasteiger partial charge in [0.1, 0.15) is 23.9 Å². The first-order valence-corrected chi connectivity index (χ1v) is 6.75. The molecule has 0 aliphatic carbocycles. The molecule has 2 rings (SSSR count). The number of halogens is 1. The maximum atomic E-state index is 13.3. The number of nitrogens with two attached hydrogens (primary N) is 1. The van der Waals surface area contributed by atoms with E-state index in [1.54, 1.807) is 13.2 Å². The molecule has 1 heterocycles. The molecule has 0 aliphatic rings. The number of aromatic nitrogens is 1. The Morgan fingerprint density at radius 1 is 1.24 bits per heavy atom. The summed E-state index contributed by atoms with van der Waals surface area (Å²) in [6.07, 6.45) is 0.567. The summed E-state index contributed by atoms with van der Waals surface area (Å²) in [7, 11) is 1.61. The predicted octanol–water partition coefficient (Wildman–Crippen LogP) is 2.62. The van der Waals surface area contributed by atoms with Gasteiger partial charge in [-0.05, 0) is 43.7 Å². The molecule has 0 radical (unpaired) electrons. The van der Waals surface area contributed by atoms with Crippen LogP contribution in [0.25, 0.3) is 0 Å². The number of methoxy groups -OCH3 is 1. The lowest BCUT2D eigenvalue weighted by Gasteiger charge is -2.12. The minimum absolute atomic E-state index is 0.291. The fourth-order valence-electron chi connectivity index (χ4n) is 2.09. The summed E-state index contributed by atoms with van der Waals surface area (Å²) in [5.41, 5.74) is 7.91. The van der Waals surface area contributed by atoms with Gasteiger partial charge >= 0.3 is 0 Å². The lowest BCUT2D eigenvalue weighted by Crippen LogP contribution is -2.07. The van der Waals surface area contributed by atoms with Crippen LogP contribution in [0.2, 0.25) is 0 Å². The number of hydrogen-bond donors (Lipinski definition) is 1. The fourth-order valence-corrected chi connectivity index (χ4v) is 2.09. The second-order valence-electron chi connectivity index (χ2n) is 4.72. The Morgan fingerprint density at radius 3 is 2.76 bits per heavy atom. The van der Waals surface area contributed by atoms with Crippen molar-refractivity contribution in [1.82, 2.24) is 4.98 Å². The summed E-state index contributed by atoms with van der Waals surface area (Å²) in [5.74, 6) is 1.08. The van der Waals surface area contributed by atoms with Crippen LogP contribution in [0, 0.1) is 12.7 Å². The molecule has 0 amide bonds. The highest BCUT2D eigenvalue weighted by Crippen LogP contribution is 2.22. The van der Waals surface area contributed by atoms with Gasteiger partial charge in [0.25, 0.3) is 0 Å². The smallest absolute Gasteiger partial charge is 0.130 e. The largest absolute Gasteiger partial charge is 0.497 e. The van der Waals surface area contributed by atoms with Crippen LogP contribution < -0.4 is 15.2 Å². The van der Waals surface area contributed by atoms with Crippen LogP contribution in [-0.4, -0.2) is 18.6 Å². The average molecular weight is 290 g/mol. The van der Waals surface area contributed by atoms with Crippen LogP contribution in [-0.2, 0) is 13.0 Å². The van der Waals surface area contributed by atoms with Gasteiger partial charge in [0, 0.05) is 17.8 Å². The van der Waals surface area contributed by atoms with Crippen molar-refractivity contribution in [2.45, 2.75) is 20.0 Å². The molecule has 21 heavy (non-hydrogen) atoms. The Morgan fingerprint density at radius 2 is 2.05 bits per heavy atom. The standard InChI is InChI=1S/C16H19FN2O2/c1-11-7-15(20-2)9-14(19-11)10-21-16-4-3-13(17)8-12(16)5-6-18/h3-4,7-9H,5-6,10,18H2,1-2H3. The van der Waals surface area contributed by atoms with E-state index in [0.29, 0.717) is 25.3 Å². The summed E-state index contributed by atoms with van der Waals surface area (Å²) in [4.78, 5) is 4.39. The van der Waals surface area contributed by atoms with Crippen LogP contribution in [0.1, 0.15) is 17.0 Å². The first-order chi connectivity index (χ1) is 10.1. The Labute approximate surface area is 123 Å². The minimum atomic E-state index is -0.291. The number of aryl methyl sites for hydroxylation is 1. The lowest BCUT2D eigenvalue weighted by molar-refractivity contribution is 0.296. The van der Waals surface area contributed by atoms with Crippen molar-refractivity contribution in [1.29, 1.82) is 0 Å². The maximum absolute atomic E-state index is 13.3. The molecule has 0 fully saturated rings. The fraction of sp³-hybridized carbons (Fsp3) is 0.312. The van der Waals surface area contributed by atoms with E-state index in [-0.39, 0.29) is 5.82 Å². The van der Waals surface area contributed by atoms with Crippen LogP contribution in [0.5, 0.6) is 11.5 Å². The Hall–Kier alpha value is -2.14. The molecule has 0 saturated heterocycles. The SMILES string of the molecule is COc1cc(C)nc(COc2ccc(F)cc2CCN)c1. The van der Waals surface area contributed by atoms with Gasteiger partial charge in [-0.15, -0.1) is 0 Å². The van der Waals surface area contributed by atoms with E-state index in [1.165, 1.54) is 12.1 Å². The van der Waals surface area contributed by atoms with E-state index in [9.17, 15) is 4.39 Å². The van der Waals surface area contributed by atoms with Crippen molar-refractivity contribution in [2.24, 2.45) is 5.73 Å². The Balaban J connectivity index is 2.14. The molecular formula is C16H19FN2O2. The molecule has 2 N–H and O–H groups in total. The maximum Gasteiger partial charge on any atom is 0.130 e. The monoisotopic (exact) mass is 290 g/mol. The zero-order valence-corrected chi connectivity index (χ0v) is 12.2. The molecular weight excluding hydrogens is 271 g/mol. The van der Waals surface area contributed by atoms with Gasteiger partial charge in [-0.2, -0.15) is 0 Å². The molecule has 4 nitrogen and oxygen atoms in total. The van der Waals surface area contributed by atoms with Gasteiger partial charge in [-0.25, -0.2) is 4.39 Å². The number of hydrogen-bond acceptors (Lipinski definition) is 4. The zero-order chi connectivity index (χ0) is 15.2. The van der Waals surface area contributed by atoms with E-state index < -0.39 is 0 Å². The third kappa shape index (κ3) is 4.16. The molecule has 112 valence electrons. The second-order valence-corrected chi connectivity index (χ2v) is 4.72. The first kappa shape index (κ1) is 15.3. The summed E-state index contributed by atoms with van der Waals surface area (Å²) >= 11 is 0. The van der Waals surface area contributed by atoms with Crippen LogP contribution in [0.3, 0.4) is 0 Å². The summed E-state index contributed by atoms with van der Waals surface area (Å²) in [5, 5.41) is 0. The van der Waals surface area contributed by atoms with Crippen molar-refractivity contribution < 1.29 is 13.9 Å².